The zero-order valence-electron chi connectivity index (χ0n) is 14.8. The lowest BCUT2D eigenvalue weighted by atomic mass is 9.87. The van der Waals surface area contributed by atoms with Gasteiger partial charge >= 0.3 is 0 Å². The zero-order chi connectivity index (χ0) is 16.6. The minimum Gasteiger partial charge on any atom is -0.348 e. The van der Waals surface area contributed by atoms with E-state index in [4.69, 9.17) is 5.73 Å². The van der Waals surface area contributed by atoms with Gasteiger partial charge in [0.15, 0.2) is 0 Å². The maximum atomic E-state index is 12.3. The highest BCUT2D eigenvalue weighted by molar-refractivity contribution is 5.87. The molecule has 1 unspecified atom stereocenters. The summed E-state index contributed by atoms with van der Waals surface area (Å²) in [5.41, 5.74) is 5.44. The second kappa shape index (κ2) is 10.9. The van der Waals surface area contributed by atoms with Gasteiger partial charge in [-0.25, -0.2) is 0 Å². The topological polar surface area (TPSA) is 84.2 Å². The van der Waals surface area contributed by atoms with Gasteiger partial charge in [-0.3, -0.25) is 9.59 Å². The highest BCUT2D eigenvalue weighted by atomic mass is 35.5. The van der Waals surface area contributed by atoms with Gasteiger partial charge in [0, 0.05) is 13.0 Å². The Morgan fingerprint density at radius 2 is 1.74 bits per heavy atom. The van der Waals surface area contributed by atoms with E-state index in [1.54, 1.807) is 6.92 Å². The summed E-state index contributed by atoms with van der Waals surface area (Å²) in [5.74, 6) is 0.325. The van der Waals surface area contributed by atoms with Gasteiger partial charge in [-0.05, 0) is 38.5 Å². The van der Waals surface area contributed by atoms with Crippen LogP contribution in [0, 0.1) is 5.92 Å². The third kappa shape index (κ3) is 7.08. The Labute approximate surface area is 146 Å². The lowest BCUT2D eigenvalue weighted by Crippen LogP contribution is -2.57. The molecule has 1 atom stereocenters. The van der Waals surface area contributed by atoms with Crippen LogP contribution in [-0.4, -0.2) is 29.9 Å². The maximum absolute atomic E-state index is 12.3. The summed E-state index contributed by atoms with van der Waals surface area (Å²) in [6, 6.07) is -0.514. The van der Waals surface area contributed by atoms with E-state index in [1.165, 1.54) is 19.3 Å². The molecule has 1 fully saturated rings. The minimum absolute atomic E-state index is 0. The van der Waals surface area contributed by atoms with Crippen LogP contribution < -0.4 is 16.4 Å². The smallest absolute Gasteiger partial charge is 0.242 e. The van der Waals surface area contributed by atoms with Gasteiger partial charge in [-0.1, -0.05) is 33.1 Å². The lowest BCUT2D eigenvalue weighted by molar-refractivity contribution is -0.130. The molecule has 0 heterocycles. The van der Waals surface area contributed by atoms with Crippen molar-refractivity contribution in [3.8, 4) is 0 Å². The van der Waals surface area contributed by atoms with Gasteiger partial charge in [0.2, 0.25) is 11.8 Å². The predicted molar refractivity (Wildman–Crippen MR) is 96.6 cm³/mol. The van der Waals surface area contributed by atoms with E-state index in [9.17, 15) is 9.59 Å². The van der Waals surface area contributed by atoms with Gasteiger partial charge < -0.3 is 16.4 Å². The zero-order valence-corrected chi connectivity index (χ0v) is 15.6. The first kappa shape index (κ1) is 22.2. The standard InChI is InChI=1S/C17H33N3O2.ClH/c1-4-17(5-2,12-18)20-16(22)13(3)19-15(21)11-14-9-7-6-8-10-14;/h13-14H,4-12,18H2,1-3H3,(H,19,21)(H,20,22);1H. The third-order valence-corrected chi connectivity index (χ3v) is 5.10. The fraction of sp³-hybridized carbons (Fsp3) is 0.882. The van der Waals surface area contributed by atoms with E-state index in [0.717, 1.165) is 25.7 Å². The van der Waals surface area contributed by atoms with Crippen molar-refractivity contribution in [2.75, 3.05) is 6.54 Å². The highest BCUT2D eigenvalue weighted by Crippen LogP contribution is 2.26. The van der Waals surface area contributed by atoms with Gasteiger partial charge in [-0.15, -0.1) is 12.4 Å². The Morgan fingerprint density at radius 1 is 1.17 bits per heavy atom. The van der Waals surface area contributed by atoms with Crippen LogP contribution in [0.25, 0.3) is 0 Å². The predicted octanol–water partition coefficient (Wildman–Crippen LogP) is 2.52. The molecule has 0 saturated heterocycles. The summed E-state index contributed by atoms with van der Waals surface area (Å²) in [7, 11) is 0. The number of carbonyl (C=O) groups excluding carboxylic acids is 2. The molecule has 0 bridgehead atoms. The summed E-state index contributed by atoms with van der Waals surface area (Å²) in [5, 5.41) is 5.84. The Morgan fingerprint density at radius 3 is 2.22 bits per heavy atom. The number of nitrogens with one attached hydrogen (secondary N) is 2. The molecule has 1 aliphatic rings. The van der Waals surface area contributed by atoms with Crippen molar-refractivity contribution < 1.29 is 9.59 Å². The fourth-order valence-electron chi connectivity index (χ4n) is 3.16. The number of hydrogen-bond acceptors (Lipinski definition) is 3. The molecular weight excluding hydrogens is 314 g/mol. The van der Waals surface area contributed by atoms with E-state index in [-0.39, 0.29) is 29.8 Å². The van der Waals surface area contributed by atoms with Crippen molar-refractivity contribution in [1.29, 1.82) is 0 Å². The van der Waals surface area contributed by atoms with E-state index in [0.29, 0.717) is 18.9 Å². The quantitative estimate of drug-likeness (QED) is 0.630. The van der Waals surface area contributed by atoms with Gasteiger partial charge in [-0.2, -0.15) is 0 Å². The van der Waals surface area contributed by atoms with Crippen molar-refractivity contribution in [1.82, 2.24) is 10.6 Å². The van der Waals surface area contributed by atoms with E-state index < -0.39 is 6.04 Å². The summed E-state index contributed by atoms with van der Waals surface area (Å²) >= 11 is 0. The van der Waals surface area contributed by atoms with Crippen LogP contribution in [0.5, 0.6) is 0 Å². The average Bonchev–Trinajstić information content (AvgIpc) is 2.53. The highest BCUT2D eigenvalue weighted by Gasteiger charge is 2.29. The Kier molecular flexibility index (Phi) is 10.5. The second-order valence-corrected chi connectivity index (χ2v) is 6.68. The molecule has 5 nitrogen and oxygen atoms in total. The number of amides is 2. The van der Waals surface area contributed by atoms with Crippen molar-refractivity contribution in [3.05, 3.63) is 0 Å². The summed E-state index contributed by atoms with van der Waals surface area (Å²) in [6.07, 6.45) is 8.11. The fourth-order valence-corrected chi connectivity index (χ4v) is 3.16. The van der Waals surface area contributed by atoms with E-state index in [1.807, 2.05) is 13.8 Å². The van der Waals surface area contributed by atoms with E-state index in [2.05, 4.69) is 10.6 Å². The lowest BCUT2D eigenvalue weighted by Gasteiger charge is -2.32. The molecule has 1 aliphatic carbocycles. The van der Waals surface area contributed by atoms with Gasteiger partial charge in [0.1, 0.15) is 6.04 Å². The van der Waals surface area contributed by atoms with Crippen LogP contribution in [0.2, 0.25) is 0 Å². The molecule has 6 heteroatoms. The Balaban J connectivity index is 0.00000484. The van der Waals surface area contributed by atoms with Crippen LogP contribution in [0.15, 0.2) is 0 Å². The second-order valence-electron chi connectivity index (χ2n) is 6.68. The average molecular weight is 348 g/mol. The SMILES string of the molecule is CCC(CC)(CN)NC(=O)C(C)NC(=O)CC1CCCCC1.Cl. The third-order valence-electron chi connectivity index (χ3n) is 5.10. The van der Waals surface area contributed by atoms with Crippen molar-refractivity contribution >= 4 is 24.2 Å². The molecular formula is C17H34ClN3O2. The first-order valence-electron chi connectivity index (χ1n) is 8.77. The number of nitrogens with two attached hydrogens (primary N) is 1. The molecule has 2 amide bonds. The van der Waals surface area contributed by atoms with Crippen LogP contribution in [-0.2, 0) is 9.59 Å². The molecule has 0 aromatic heterocycles. The molecule has 23 heavy (non-hydrogen) atoms. The molecule has 1 rings (SSSR count). The summed E-state index contributed by atoms with van der Waals surface area (Å²) in [4.78, 5) is 24.4. The molecule has 0 aromatic rings. The molecule has 0 radical (unpaired) electrons. The first-order valence-corrected chi connectivity index (χ1v) is 8.77. The summed E-state index contributed by atoms with van der Waals surface area (Å²) in [6.45, 7) is 6.18. The van der Waals surface area contributed by atoms with Crippen molar-refractivity contribution in [3.63, 3.8) is 0 Å². The van der Waals surface area contributed by atoms with Crippen molar-refractivity contribution in [2.45, 2.75) is 83.7 Å². The first-order chi connectivity index (χ1) is 10.5. The monoisotopic (exact) mass is 347 g/mol. The van der Waals surface area contributed by atoms with Crippen LogP contribution >= 0.6 is 12.4 Å². The number of carbonyl (C=O) groups is 2. The van der Waals surface area contributed by atoms with Crippen LogP contribution in [0.1, 0.15) is 72.1 Å². The molecule has 0 aliphatic heterocycles. The van der Waals surface area contributed by atoms with Gasteiger partial charge in [0.05, 0.1) is 5.54 Å². The van der Waals surface area contributed by atoms with Crippen molar-refractivity contribution in [2.24, 2.45) is 11.7 Å². The number of rotatable bonds is 8. The van der Waals surface area contributed by atoms with Gasteiger partial charge in [0.25, 0.3) is 0 Å². The number of hydrogen-bond donors (Lipinski definition) is 3. The van der Waals surface area contributed by atoms with Crippen LogP contribution in [0.4, 0.5) is 0 Å². The Bertz CT molecular complexity index is 359. The molecule has 136 valence electrons. The maximum Gasteiger partial charge on any atom is 0.242 e. The minimum atomic E-state index is -0.514. The van der Waals surface area contributed by atoms with E-state index >= 15 is 0 Å². The molecule has 4 N–H and O–H groups in total. The largest absolute Gasteiger partial charge is 0.348 e. The normalized spacial score (nSPS) is 17.0. The summed E-state index contributed by atoms with van der Waals surface area (Å²) < 4.78 is 0. The van der Waals surface area contributed by atoms with Crippen LogP contribution in [0.3, 0.4) is 0 Å². The molecule has 0 spiro atoms. The molecule has 0 aromatic carbocycles. The molecule has 1 saturated carbocycles. The Hall–Kier alpha value is -0.810. The number of halogens is 1.